The van der Waals surface area contributed by atoms with E-state index in [9.17, 15) is 5.11 Å². The number of aromatic hydroxyl groups is 1. The van der Waals surface area contributed by atoms with Gasteiger partial charge in [-0.25, -0.2) is 4.98 Å². The van der Waals surface area contributed by atoms with Crippen molar-refractivity contribution in [3.8, 4) is 5.88 Å². The van der Waals surface area contributed by atoms with Crippen molar-refractivity contribution >= 4 is 61.7 Å². The highest BCUT2D eigenvalue weighted by Gasteiger charge is 2.09. The van der Waals surface area contributed by atoms with Gasteiger partial charge in [0.1, 0.15) is 0 Å². The molecule has 0 atom stereocenters. The first-order valence-corrected chi connectivity index (χ1v) is 7.47. The van der Waals surface area contributed by atoms with Crippen LogP contribution in [0.2, 0.25) is 10.0 Å². The summed E-state index contributed by atoms with van der Waals surface area (Å²) in [7, 11) is 0. The van der Waals surface area contributed by atoms with Crippen molar-refractivity contribution in [3.05, 3.63) is 50.9 Å². The van der Waals surface area contributed by atoms with E-state index in [1.54, 1.807) is 24.3 Å². The van der Waals surface area contributed by atoms with E-state index >= 15 is 0 Å². The van der Waals surface area contributed by atoms with Crippen molar-refractivity contribution < 1.29 is 5.11 Å². The fourth-order valence-electron chi connectivity index (χ4n) is 1.86. The smallest absolute Gasteiger partial charge is 0.231 e. The summed E-state index contributed by atoms with van der Waals surface area (Å²) in [6, 6.07) is 10.5. The molecule has 0 saturated heterocycles. The summed E-state index contributed by atoms with van der Waals surface area (Å²) < 4.78 is 0.773. The van der Waals surface area contributed by atoms with E-state index in [1.165, 1.54) is 0 Å². The molecule has 2 N–H and O–H groups in total. The van der Waals surface area contributed by atoms with Gasteiger partial charge in [0.2, 0.25) is 11.8 Å². The number of fused-ring (bicyclic) bond motifs is 1. The molecule has 0 amide bonds. The average molecular weight is 385 g/mol. The summed E-state index contributed by atoms with van der Waals surface area (Å²) in [6.07, 6.45) is 0. The van der Waals surface area contributed by atoms with E-state index < -0.39 is 0 Å². The molecule has 0 fully saturated rings. The number of hydrogen-bond acceptors (Lipinski definition) is 4. The van der Waals surface area contributed by atoms with Gasteiger partial charge in [-0.05, 0) is 46.3 Å². The van der Waals surface area contributed by atoms with E-state index in [4.69, 9.17) is 23.2 Å². The summed E-state index contributed by atoms with van der Waals surface area (Å²) in [6.45, 7) is 0. The van der Waals surface area contributed by atoms with E-state index in [0.29, 0.717) is 26.6 Å². The number of aromatic nitrogens is 2. The molecule has 1 aromatic heterocycles. The fourth-order valence-corrected chi connectivity index (χ4v) is 2.61. The lowest BCUT2D eigenvalue weighted by molar-refractivity contribution is 0.460. The number of benzene rings is 2. The minimum absolute atomic E-state index is 0.0936. The van der Waals surface area contributed by atoms with Crippen molar-refractivity contribution in [1.82, 2.24) is 9.97 Å². The maximum absolute atomic E-state index is 9.99. The first-order chi connectivity index (χ1) is 10.0. The Balaban J connectivity index is 2.04. The van der Waals surface area contributed by atoms with Crippen LogP contribution in [-0.4, -0.2) is 15.1 Å². The molecule has 21 heavy (non-hydrogen) atoms. The first-order valence-electron chi connectivity index (χ1n) is 5.92. The molecule has 0 aliphatic carbocycles. The van der Waals surface area contributed by atoms with E-state index in [-0.39, 0.29) is 11.8 Å². The highest BCUT2D eigenvalue weighted by Crippen LogP contribution is 2.30. The average Bonchev–Trinajstić information content (AvgIpc) is 2.44. The van der Waals surface area contributed by atoms with Crippen LogP contribution in [-0.2, 0) is 0 Å². The minimum Gasteiger partial charge on any atom is -0.493 e. The van der Waals surface area contributed by atoms with Crippen molar-refractivity contribution in [1.29, 1.82) is 0 Å². The lowest BCUT2D eigenvalue weighted by Gasteiger charge is -2.08. The number of hydrogen-bond donors (Lipinski definition) is 2. The van der Waals surface area contributed by atoms with Gasteiger partial charge in [0.25, 0.3) is 0 Å². The van der Waals surface area contributed by atoms with Gasteiger partial charge < -0.3 is 10.4 Å². The molecular formula is C14H8BrCl2N3O. The van der Waals surface area contributed by atoms with Gasteiger partial charge >= 0.3 is 0 Å². The minimum atomic E-state index is -0.0936. The van der Waals surface area contributed by atoms with Gasteiger partial charge in [0.05, 0.1) is 20.9 Å². The predicted octanol–water partition coefficient (Wildman–Crippen LogP) is 5.15. The molecule has 0 aliphatic rings. The molecule has 7 heteroatoms. The molecular weight excluding hydrogens is 377 g/mol. The molecule has 1 heterocycles. The molecule has 4 nitrogen and oxygen atoms in total. The Labute approximate surface area is 138 Å². The van der Waals surface area contributed by atoms with Crippen LogP contribution >= 0.6 is 39.1 Å². The van der Waals surface area contributed by atoms with Crippen LogP contribution in [0.1, 0.15) is 0 Å². The van der Waals surface area contributed by atoms with E-state index in [0.717, 1.165) is 4.47 Å². The Morgan fingerprint density at radius 3 is 2.62 bits per heavy atom. The summed E-state index contributed by atoms with van der Waals surface area (Å²) in [5.74, 6) is 0.175. The maximum Gasteiger partial charge on any atom is 0.231 e. The van der Waals surface area contributed by atoms with Crippen molar-refractivity contribution in [2.45, 2.75) is 0 Å². The lowest BCUT2D eigenvalue weighted by atomic mass is 10.2. The summed E-state index contributed by atoms with van der Waals surface area (Å²) in [4.78, 5) is 8.40. The molecule has 0 radical (unpaired) electrons. The summed E-state index contributed by atoms with van der Waals surface area (Å²) >= 11 is 15.2. The zero-order valence-corrected chi connectivity index (χ0v) is 13.5. The quantitative estimate of drug-likeness (QED) is 0.641. The number of rotatable bonds is 2. The van der Waals surface area contributed by atoms with Crippen molar-refractivity contribution in [2.75, 3.05) is 5.32 Å². The zero-order valence-electron chi connectivity index (χ0n) is 10.4. The third-order valence-corrected chi connectivity index (χ3v) is 4.21. The number of anilines is 2. The molecule has 0 aliphatic heterocycles. The third-order valence-electron chi connectivity index (χ3n) is 2.83. The van der Waals surface area contributed by atoms with Gasteiger partial charge in [0.15, 0.2) is 0 Å². The maximum atomic E-state index is 9.99. The summed E-state index contributed by atoms with van der Waals surface area (Å²) in [5, 5.41) is 14.4. The topological polar surface area (TPSA) is 58.0 Å². The highest BCUT2D eigenvalue weighted by molar-refractivity contribution is 9.10. The first kappa shape index (κ1) is 14.4. The third kappa shape index (κ3) is 2.90. The molecule has 3 rings (SSSR count). The van der Waals surface area contributed by atoms with Crippen LogP contribution in [0.4, 0.5) is 11.6 Å². The highest BCUT2D eigenvalue weighted by atomic mass is 79.9. The van der Waals surface area contributed by atoms with E-state index in [1.807, 2.05) is 12.1 Å². The molecule has 0 bridgehead atoms. The molecule has 0 spiro atoms. The van der Waals surface area contributed by atoms with Crippen molar-refractivity contribution in [3.63, 3.8) is 0 Å². The largest absolute Gasteiger partial charge is 0.493 e. The van der Waals surface area contributed by atoms with Crippen LogP contribution in [0, 0.1) is 0 Å². The second kappa shape index (κ2) is 5.67. The van der Waals surface area contributed by atoms with Crippen LogP contribution < -0.4 is 5.32 Å². The predicted molar refractivity (Wildman–Crippen MR) is 88.6 cm³/mol. The number of nitrogens with zero attached hydrogens (tertiary/aromatic N) is 2. The SMILES string of the molecule is Oc1nc(Nc2ccc(Cl)c(Cl)c2)nc2c(Br)cccc12. The Kier molecular flexibility index (Phi) is 3.89. The van der Waals surface area contributed by atoms with Gasteiger partial charge in [0, 0.05) is 10.2 Å². The number of nitrogens with one attached hydrogen (secondary N) is 1. The molecule has 3 aromatic rings. The fraction of sp³-hybridized carbons (Fsp3) is 0. The molecule has 0 unspecified atom stereocenters. The van der Waals surface area contributed by atoms with Crippen LogP contribution in [0.5, 0.6) is 5.88 Å². The Morgan fingerprint density at radius 2 is 1.86 bits per heavy atom. The Hall–Kier alpha value is -1.56. The van der Waals surface area contributed by atoms with Gasteiger partial charge in [-0.2, -0.15) is 4.98 Å². The van der Waals surface area contributed by atoms with Crippen LogP contribution in [0.25, 0.3) is 10.9 Å². The summed E-state index contributed by atoms with van der Waals surface area (Å²) in [5.41, 5.74) is 1.29. The van der Waals surface area contributed by atoms with Gasteiger partial charge in [-0.3, -0.25) is 0 Å². The number of halogens is 3. The number of para-hydroxylation sites is 1. The Morgan fingerprint density at radius 1 is 1.05 bits per heavy atom. The zero-order chi connectivity index (χ0) is 15.0. The monoisotopic (exact) mass is 383 g/mol. The molecule has 0 saturated carbocycles. The second-order valence-corrected chi connectivity index (χ2v) is 5.93. The van der Waals surface area contributed by atoms with Gasteiger partial charge in [-0.15, -0.1) is 0 Å². The molecule has 106 valence electrons. The lowest BCUT2D eigenvalue weighted by Crippen LogP contribution is -1.98. The van der Waals surface area contributed by atoms with Crippen molar-refractivity contribution in [2.24, 2.45) is 0 Å². The Bertz CT molecular complexity index is 842. The standard InChI is InChI=1S/C14H8BrCl2N3O/c15-9-3-1-2-8-12(9)19-14(20-13(8)21)18-7-4-5-10(16)11(17)6-7/h1-6H,(H2,18,19,20,21). The van der Waals surface area contributed by atoms with Crippen LogP contribution in [0.15, 0.2) is 40.9 Å². The van der Waals surface area contributed by atoms with E-state index in [2.05, 4.69) is 31.2 Å². The second-order valence-electron chi connectivity index (χ2n) is 4.26. The molecule has 2 aromatic carbocycles. The normalized spacial score (nSPS) is 10.8. The van der Waals surface area contributed by atoms with Gasteiger partial charge in [-0.1, -0.05) is 29.3 Å². The van der Waals surface area contributed by atoms with Crippen LogP contribution in [0.3, 0.4) is 0 Å².